The number of hydrogen-bond acceptors (Lipinski definition) is 1. The van der Waals surface area contributed by atoms with Crippen LogP contribution in [-0.2, 0) is 0 Å². The number of rotatable bonds is 4. The third kappa shape index (κ3) is 8.00. The highest BCUT2D eigenvalue weighted by molar-refractivity contribution is 9.12. The number of aliphatic hydroxyl groups is 1. The average molecular weight is 191 g/mol. The fourth-order valence-electron chi connectivity index (χ4n) is 0.549. The molecule has 0 fully saturated rings. The molecule has 9 heavy (non-hydrogen) atoms. The van der Waals surface area contributed by atoms with Crippen molar-refractivity contribution in [2.45, 2.75) is 25.7 Å². The average Bonchev–Trinajstić information content (AvgIpc) is 1.89. The Hall–Kier alpha value is 0. The summed E-state index contributed by atoms with van der Waals surface area (Å²) in [5.41, 5.74) is 0. The molecule has 0 saturated heterocycles. The molecule has 0 heterocycles. The summed E-state index contributed by atoms with van der Waals surface area (Å²) in [5, 5.41) is 8.38. The lowest BCUT2D eigenvalue weighted by atomic mass is 10.2. The second-order valence-electron chi connectivity index (χ2n) is 1.81. The van der Waals surface area contributed by atoms with E-state index >= 15 is 0 Å². The van der Waals surface area contributed by atoms with Gasteiger partial charge in [-0.1, -0.05) is 12.3 Å². The van der Waals surface area contributed by atoms with Gasteiger partial charge in [0, 0.05) is 29.0 Å². The summed E-state index contributed by atoms with van der Waals surface area (Å²) in [6.07, 6.45) is 4.02. The Morgan fingerprint density at radius 1 is 1.22 bits per heavy atom. The highest BCUT2D eigenvalue weighted by atomic mass is 79.9. The second-order valence-corrected chi connectivity index (χ2v) is 2.20. The SMILES string of the molecule is OCCCCCC#CBr. The molecular weight excluding hydrogens is 180 g/mol. The summed E-state index contributed by atoms with van der Waals surface area (Å²) in [7, 11) is 0. The van der Waals surface area contributed by atoms with Gasteiger partial charge in [0.05, 0.1) is 0 Å². The molecule has 0 atom stereocenters. The highest BCUT2D eigenvalue weighted by Crippen LogP contribution is 1.97. The van der Waals surface area contributed by atoms with Crippen LogP contribution in [0.1, 0.15) is 25.7 Å². The van der Waals surface area contributed by atoms with E-state index in [9.17, 15) is 0 Å². The molecule has 1 nitrogen and oxygen atoms in total. The molecule has 0 unspecified atom stereocenters. The number of unbranched alkanes of at least 4 members (excludes halogenated alkanes) is 3. The molecule has 0 aromatic heterocycles. The van der Waals surface area contributed by atoms with Crippen LogP contribution in [0, 0.1) is 10.8 Å². The van der Waals surface area contributed by atoms with E-state index in [1.54, 1.807) is 0 Å². The molecule has 1 N–H and O–H groups in total. The third-order valence-corrected chi connectivity index (χ3v) is 1.31. The molecule has 0 amide bonds. The summed E-state index contributed by atoms with van der Waals surface area (Å²) in [6.45, 7) is 0.307. The van der Waals surface area contributed by atoms with Crippen LogP contribution in [0.4, 0.5) is 0 Å². The summed E-state index contributed by atoms with van der Waals surface area (Å²) in [6, 6.07) is 0. The van der Waals surface area contributed by atoms with E-state index in [1.807, 2.05) is 0 Å². The zero-order valence-electron chi connectivity index (χ0n) is 5.36. The first-order chi connectivity index (χ1) is 4.41. The van der Waals surface area contributed by atoms with Crippen molar-refractivity contribution in [1.29, 1.82) is 0 Å². The van der Waals surface area contributed by atoms with Crippen LogP contribution < -0.4 is 0 Å². The zero-order chi connectivity index (χ0) is 6.95. The Bertz CT molecular complexity index is 101. The van der Waals surface area contributed by atoms with Crippen molar-refractivity contribution in [1.82, 2.24) is 0 Å². The molecular formula is C7H11BrO. The fraction of sp³-hybridized carbons (Fsp3) is 0.714. The summed E-state index contributed by atoms with van der Waals surface area (Å²) in [5.74, 6) is 2.89. The van der Waals surface area contributed by atoms with Gasteiger partial charge in [-0.2, -0.15) is 0 Å². The standard InChI is InChI=1S/C7H11BrO/c8-6-4-2-1-3-5-7-9/h9H,1-3,5,7H2. The molecule has 0 spiro atoms. The van der Waals surface area contributed by atoms with E-state index in [4.69, 9.17) is 5.11 Å². The first-order valence-corrected chi connectivity index (χ1v) is 3.90. The molecule has 2 heteroatoms. The van der Waals surface area contributed by atoms with Crippen molar-refractivity contribution in [2.75, 3.05) is 6.61 Å². The zero-order valence-corrected chi connectivity index (χ0v) is 6.95. The molecule has 0 aromatic rings. The van der Waals surface area contributed by atoms with Crippen molar-refractivity contribution in [3.63, 3.8) is 0 Å². The number of hydrogen-bond donors (Lipinski definition) is 1. The first-order valence-electron chi connectivity index (χ1n) is 3.11. The molecule has 0 aromatic carbocycles. The lowest BCUT2D eigenvalue weighted by Crippen LogP contribution is -1.81. The third-order valence-electron chi connectivity index (χ3n) is 1.03. The summed E-state index contributed by atoms with van der Waals surface area (Å²) < 4.78 is 0. The van der Waals surface area contributed by atoms with Gasteiger partial charge >= 0.3 is 0 Å². The van der Waals surface area contributed by atoms with Gasteiger partial charge in [-0.3, -0.25) is 0 Å². The minimum absolute atomic E-state index is 0.307. The molecule has 0 bridgehead atoms. The van der Waals surface area contributed by atoms with Gasteiger partial charge in [-0.25, -0.2) is 0 Å². The van der Waals surface area contributed by atoms with Gasteiger partial charge in [0.15, 0.2) is 0 Å². The van der Waals surface area contributed by atoms with E-state index in [2.05, 4.69) is 26.7 Å². The van der Waals surface area contributed by atoms with Crippen LogP contribution in [0.25, 0.3) is 0 Å². The highest BCUT2D eigenvalue weighted by Gasteiger charge is 1.83. The lowest BCUT2D eigenvalue weighted by Gasteiger charge is -1.90. The maximum absolute atomic E-state index is 8.38. The Labute approximate surface area is 64.6 Å². The van der Waals surface area contributed by atoms with Crippen LogP contribution in [-0.4, -0.2) is 11.7 Å². The van der Waals surface area contributed by atoms with Gasteiger partial charge in [0.25, 0.3) is 0 Å². The smallest absolute Gasteiger partial charge is 0.0431 e. The van der Waals surface area contributed by atoms with Crippen molar-refractivity contribution in [3.8, 4) is 10.8 Å². The van der Waals surface area contributed by atoms with Crippen LogP contribution in [0.15, 0.2) is 0 Å². The van der Waals surface area contributed by atoms with Gasteiger partial charge in [-0.05, 0) is 17.7 Å². The van der Waals surface area contributed by atoms with E-state index in [1.165, 1.54) is 0 Å². The molecule has 0 radical (unpaired) electrons. The van der Waals surface area contributed by atoms with Gasteiger partial charge in [0.2, 0.25) is 0 Å². The van der Waals surface area contributed by atoms with Gasteiger partial charge in [0.1, 0.15) is 0 Å². The summed E-state index contributed by atoms with van der Waals surface area (Å²) in [4.78, 5) is 2.64. The van der Waals surface area contributed by atoms with E-state index in [0.29, 0.717) is 6.61 Å². The molecule has 0 aliphatic rings. The van der Waals surface area contributed by atoms with Crippen molar-refractivity contribution >= 4 is 15.9 Å². The largest absolute Gasteiger partial charge is 0.396 e. The normalized spacial score (nSPS) is 8.22. The van der Waals surface area contributed by atoms with E-state index in [0.717, 1.165) is 25.7 Å². The molecule has 0 saturated carbocycles. The predicted octanol–water partition coefficient (Wildman–Crippen LogP) is 1.89. The van der Waals surface area contributed by atoms with Gasteiger partial charge in [-0.15, -0.1) is 0 Å². The number of halogens is 1. The maximum atomic E-state index is 8.38. The van der Waals surface area contributed by atoms with Crippen LogP contribution >= 0.6 is 15.9 Å². The maximum Gasteiger partial charge on any atom is 0.0431 e. The Morgan fingerprint density at radius 3 is 2.56 bits per heavy atom. The van der Waals surface area contributed by atoms with Crippen LogP contribution in [0.2, 0.25) is 0 Å². The van der Waals surface area contributed by atoms with E-state index < -0.39 is 0 Å². The van der Waals surface area contributed by atoms with Crippen molar-refractivity contribution in [2.24, 2.45) is 0 Å². The fourth-order valence-corrected chi connectivity index (χ4v) is 0.747. The van der Waals surface area contributed by atoms with Crippen molar-refractivity contribution in [3.05, 3.63) is 0 Å². The van der Waals surface area contributed by atoms with Crippen LogP contribution in [0.5, 0.6) is 0 Å². The Morgan fingerprint density at radius 2 is 2.00 bits per heavy atom. The predicted molar refractivity (Wildman–Crippen MR) is 42.3 cm³/mol. The lowest BCUT2D eigenvalue weighted by molar-refractivity contribution is 0.283. The minimum atomic E-state index is 0.307. The second kappa shape index (κ2) is 8.00. The molecule has 0 rings (SSSR count). The van der Waals surface area contributed by atoms with E-state index in [-0.39, 0.29) is 0 Å². The van der Waals surface area contributed by atoms with Crippen LogP contribution in [0.3, 0.4) is 0 Å². The Balaban J connectivity index is 2.80. The Kier molecular flexibility index (Phi) is 8.00. The van der Waals surface area contributed by atoms with Crippen molar-refractivity contribution < 1.29 is 5.11 Å². The molecule has 0 aliphatic carbocycles. The topological polar surface area (TPSA) is 20.2 Å². The quantitative estimate of drug-likeness (QED) is 0.531. The monoisotopic (exact) mass is 190 g/mol. The first kappa shape index (κ1) is 9.00. The molecule has 52 valence electrons. The minimum Gasteiger partial charge on any atom is -0.396 e. The number of aliphatic hydroxyl groups excluding tert-OH is 1. The molecule has 0 aliphatic heterocycles. The van der Waals surface area contributed by atoms with Gasteiger partial charge < -0.3 is 5.11 Å². The summed E-state index contributed by atoms with van der Waals surface area (Å²) >= 11 is 3.01.